The van der Waals surface area contributed by atoms with Crippen molar-refractivity contribution in [2.24, 2.45) is 28.1 Å². The van der Waals surface area contributed by atoms with Gasteiger partial charge in [0.1, 0.15) is 18.3 Å². The summed E-state index contributed by atoms with van der Waals surface area (Å²) in [5.41, 5.74) is -0.294. The van der Waals surface area contributed by atoms with Crippen LogP contribution in [0.3, 0.4) is 0 Å². The van der Waals surface area contributed by atoms with Crippen molar-refractivity contribution in [1.82, 2.24) is 0 Å². The first-order chi connectivity index (χ1) is 16.3. The SMILES string of the molecule is C=C[C@]1(C)C=C2C=C[C@@H]3[C@](C)(C[C@@H](O)[C@@H](O)[C@]3(C)CO[C@H]3O[C@@H](C(=O)O)[C@H](O)[C@@H](O)[C@H]3O)[C@H]2CC1. The minimum Gasteiger partial charge on any atom is -0.479 e. The van der Waals surface area contributed by atoms with Crippen LogP contribution in [0.1, 0.15) is 40.0 Å². The summed E-state index contributed by atoms with van der Waals surface area (Å²) in [5.74, 6) is -1.53. The summed E-state index contributed by atoms with van der Waals surface area (Å²) < 4.78 is 11.1. The van der Waals surface area contributed by atoms with Crippen LogP contribution in [-0.4, -0.2) is 86.1 Å². The second-order valence-electron chi connectivity index (χ2n) is 11.6. The van der Waals surface area contributed by atoms with Gasteiger partial charge in [-0.1, -0.05) is 45.1 Å². The summed E-state index contributed by atoms with van der Waals surface area (Å²) in [4.78, 5) is 11.4. The van der Waals surface area contributed by atoms with Crippen molar-refractivity contribution in [3.8, 4) is 0 Å². The Hall–Kier alpha value is -1.59. The number of carboxylic acid groups (broad SMARTS) is 1. The molecule has 1 heterocycles. The molecule has 4 rings (SSSR count). The zero-order chi connectivity index (χ0) is 25.9. The van der Waals surface area contributed by atoms with Gasteiger partial charge in [0.15, 0.2) is 12.4 Å². The van der Waals surface area contributed by atoms with E-state index in [0.717, 1.165) is 12.8 Å². The van der Waals surface area contributed by atoms with Gasteiger partial charge in [-0.2, -0.15) is 0 Å². The Bertz CT molecular complexity index is 916. The third kappa shape index (κ3) is 4.21. The highest BCUT2D eigenvalue weighted by molar-refractivity contribution is 5.73. The first-order valence-corrected chi connectivity index (χ1v) is 12.2. The number of carboxylic acids is 1. The second-order valence-corrected chi connectivity index (χ2v) is 11.6. The molecule has 3 aliphatic carbocycles. The Morgan fingerprint density at radius 2 is 1.86 bits per heavy atom. The van der Waals surface area contributed by atoms with Crippen molar-refractivity contribution in [3.63, 3.8) is 0 Å². The molecule has 0 spiro atoms. The molecule has 0 bridgehead atoms. The Morgan fingerprint density at radius 1 is 1.17 bits per heavy atom. The van der Waals surface area contributed by atoms with Crippen molar-refractivity contribution in [3.05, 3.63) is 36.5 Å². The molecule has 2 fully saturated rings. The van der Waals surface area contributed by atoms with E-state index < -0.39 is 54.3 Å². The highest BCUT2D eigenvalue weighted by atomic mass is 16.7. The molecule has 1 saturated heterocycles. The van der Waals surface area contributed by atoms with Crippen LogP contribution >= 0.6 is 0 Å². The van der Waals surface area contributed by atoms with Crippen LogP contribution in [0, 0.1) is 28.1 Å². The van der Waals surface area contributed by atoms with E-state index in [1.165, 1.54) is 5.57 Å². The second kappa shape index (κ2) is 9.06. The summed E-state index contributed by atoms with van der Waals surface area (Å²) in [7, 11) is 0. The minimum atomic E-state index is -1.82. The zero-order valence-electron chi connectivity index (χ0n) is 20.4. The molecule has 9 nitrogen and oxygen atoms in total. The highest BCUT2D eigenvalue weighted by Crippen LogP contribution is 2.62. The van der Waals surface area contributed by atoms with Crippen LogP contribution in [-0.2, 0) is 14.3 Å². The zero-order valence-corrected chi connectivity index (χ0v) is 20.4. The van der Waals surface area contributed by atoms with Crippen LogP contribution in [0.25, 0.3) is 0 Å². The number of aliphatic hydroxyl groups excluding tert-OH is 5. The van der Waals surface area contributed by atoms with E-state index in [9.17, 15) is 35.4 Å². The largest absolute Gasteiger partial charge is 0.479 e. The number of hydrogen-bond donors (Lipinski definition) is 6. The van der Waals surface area contributed by atoms with Gasteiger partial charge < -0.3 is 40.1 Å². The number of allylic oxidation sites excluding steroid dienone is 5. The number of aliphatic hydroxyl groups is 5. The fourth-order valence-corrected chi connectivity index (χ4v) is 6.91. The van der Waals surface area contributed by atoms with E-state index in [-0.39, 0.29) is 29.3 Å². The third-order valence-electron chi connectivity index (χ3n) is 9.10. The average Bonchev–Trinajstić information content (AvgIpc) is 2.80. The average molecular weight is 495 g/mol. The number of fused-ring (bicyclic) bond motifs is 3. The number of hydrogen-bond acceptors (Lipinski definition) is 8. The quantitative estimate of drug-likeness (QED) is 0.304. The number of ether oxygens (including phenoxy) is 2. The van der Waals surface area contributed by atoms with Crippen LogP contribution < -0.4 is 0 Å². The first-order valence-electron chi connectivity index (χ1n) is 12.2. The number of carbonyl (C=O) groups is 1. The molecule has 196 valence electrons. The van der Waals surface area contributed by atoms with Crippen molar-refractivity contribution in [1.29, 1.82) is 0 Å². The van der Waals surface area contributed by atoms with E-state index in [1.807, 2.05) is 12.2 Å². The van der Waals surface area contributed by atoms with Gasteiger partial charge in [-0.3, -0.25) is 0 Å². The lowest BCUT2D eigenvalue weighted by molar-refractivity contribution is -0.307. The lowest BCUT2D eigenvalue weighted by Gasteiger charge is -2.60. The maximum Gasteiger partial charge on any atom is 0.335 e. The van der Waals surface area contributed by atoms with Gasteiger partial charge in [0.2, 0.25) is 0 Å². The van der Waals surface area contributed by atoms with E-state index in [4.69, 9.17) is 9.47 Å². The fourth-order valence-electron chi connectivity index (χ4n) is 6.91. The summed E-state index contributed by atoms with van der Waals surface area (Å²) in [6, 6.07) is 0. The van der Waals surface area contributed by atoms with Crippen LogP contribution in [0.15, 0.2) is 36.5 Å². The Labute approximate surface area is 205 Å². The standard InChI is InChI=1S/C26H38O9/c1-5-24(2)9-8-14-13(10-24)6-7-16-25(14,3)11-15(27)21(31)26(16,4)12-34-23-19(30)17(28)18(29)20(35-23)22(32)33/h5-7,10,14-21,23,27-31H,1,8-9,11-12H2,2-4H3,(H,32,33)/t14-,15+,16+,17+,18+,19+,20+,21+,23-,24-,25+,26+/m0/s1. The lowest BCUT2D eigenvalue weighted by Crippen LogP contribution is -2.64. The maximum absolute atomic E-state index is 11.4. The Kier molecular flexibility index (Phi) is 6.85. The molecule has 0 unspecified atom stereocenters. The molecule has 0 aromatic heterocycles. The monoisotopic (exact) mass is 494 g/mol. The lowest BCUT2D eigenvalue weighted by atomic mass is 9.46. The molecule has 0 amide bonds. The summed E-state index contributed by atoms with van der Waals surface area (Å²) in [6.45, 7) is 9.87. The van der Waals surface area contributed by atoms with Crippen molar-refractivity contribution in [2.75, 3.05) is 6.61 Å². The Morgan fingerprint density at radius 3 is 2.49 bits per heavy atom. The van der Waals surface area contributed by atoms with E-state index in [0.29, 0.717) is 6.42 Å². The molecule has 0 aromatic rings. The molecule has 0 radical (unpaired) electrons. The van der Waals surface area contributed by atoms with Crippen molar-refractivity contribution >= 4 is 5.97 Å². The molecular formula is C26H38O9. The van der Waals surface area contributed by atoms with E-state index >= 15 is 0 Å². The first kappa shape index (κ1) is 26.5. The van der Waals surface area contributed by atoms with Gasteiger partial charge in [-0.25, -0.2) is 4.79 Å². The molecule has 1 saturated carbocycles. The molecule has 4 aliphatic rings. The predicted octanol–water partition coefficient (Wildman–Crippen LogP) is 0.748. The van der Waals surface area contributed by atoms with Crippen molar-refractivity contribution in [2.45, 2.75) is 82.9 Å². The topological polar surface area (TPSA) is 157 Å². The van der Waals surface area contributed by atoms with E-state index in [1.54, 1.807) is 6.92 Å². The molecule has 9 heteroatoms. The highest BCUT2D eigenvalue weighted by Gasteiger charge is 2.61. The van der Waals surface area contributed by atoms with Gasteiger partial charge in [-0.05, 0) is 42.1 Å². The Balaban J connectivity index is 1.62. The summed E-state index contributed by atoms with van der Waals surface area (Å²) in [5, 5.41) is 61.8. The predicted molar refractivity (Wildman–Crippen MR) is 125 cm³/mol. The molecular weight excluding hydrogens is 456 g/mol. The van der Waals surface area contributed by atoms with Crippen molar-refractivity contribution < 1.29 is 44.9 Å². The van der Waals surface area contributed by atoms with Gasteiger partial charge in [0.25, 0.3) is 0 Å². The summed E-state index contributed by atoms with van der Waals surface area (Å²) in [6.07, 6.45) is -0.203. The van der Waals surface area contributed by atoms with Gasteiger partial charge in [-0.15, -0.1) is 6.58 Å². The van der Waals surface area contributed by atoms with Gasteiger partial charge in [0, 0.05) is 10.8 Å². The maximum atomic E-state index is 11.4. The fraction of sp³-hybridized carbons (Fsp3) is 0.731. The van der Waals surface area contributed by atoms with Gasteiger partial charge >= 0.3 is 5.97 Å². The van der Waals surface area contributed by atoms with Crippen LogP contribution in [0.2, 0.25) is 0 Å². The van der Waals surface area contributed by atoms with E-state index in [2.05, 4.69) is 32.6 Å². The molecule has 35 heavy (non-hydrogen) atoms. The number of aliphatic carboxylic acids is 1. The smallest absolute Gasteiger partial charge is 0.335 e. The third-order valence-corrected chi connectivity index (χ3v) is 9.10. The summed E-state index contributed by atoms with van der Waals surface area (Å²) >= 11 is 0. The minimum absolute atomic E-state index is 0.0981. The van der Waals surface area contributed by atoms with Gasteiger partial charge in [0.05, 0.1) is 18.8 Å². The molecule has 1 aliphatic heterocycles. The molecule has 12 atom stereocenters. The molecule has 6 N–H and O–H groups in total. The number of rotatable bonds is 5. The normalized spacial score (nSPS) is 51.7. The van der Waals surface area contributed by atoms with Crippen LogP contribution in [0.5, 0.6) is 0 Å². The van der Waals surface area contributed by atoms with Crippen LogP contribution in [0.4, 0.5) is 0 Å². The molecule has 0 aromatic carbocycles.